The smallest absolute Gasteiger partial charge is 0.226 e. The molecule has 5 rings (SSSR count). The molecule has 1 aliphatic heterocycles. The van der Waals surface area contributed by atoms with Crippen molar-refractivity contribution in [3.63, 3.8) is 0 Å². The highest BCUT2D eigenvalue weighted by atomic mass is 16.1. The van der Waals surface area contributed by atoms with Crippen LogP contribution < -0.4 is 5.32 Å². The van der Waals surface area contributed by atoms with Gasteiger partial charge in [0.05, 0.1) is 11.2 Å². The fraction of sp³-hybridized carbons (Fsp3) is 0.158. The fourth-order valence-electron chi connectivity index (χ4n) is 3.64. The topological polar surface area (TPSA) is 88.5 Å². The van der Waals surface area contributed by atoms with Gasteiger partial charge in [0.15, 0.2) is 5.82 Å². The monoisotopic (exact) mass is 344 g/mol. The number of nitrogens with zero attached hydrogens (tertiary/aromatic N) is 4. The zero-order valence-electron chi connectivity index (χ0n) is 14.1. The van der Waals surface area contributed by atoms with E-state index in [1.165, 1.54) is 0 Å². The van der Waals surface area contributed by atoms with E-state index in [0.29, 0.717) is 12.2 Å². The largest absolute Gasteiger partial charge is 0.309 e. The lowest BCUT2D eigenvalue weighted by Crippen LogP contribution is -2.23. The Morgan fingerprint density at radius 1 is 1.15 bits per heavy atom. The Labute approximate surface area is 149 Å². The first kappa shape index (κ1) is 14.8. The number of H-pyrrole nitrogens is 1. The molecule has 4 aromatic rings. The van der Waals surface area contributed by atoms with E-state index in [1.807, 2.05) is 55.6 Å². The second-order valence-electron chi connectivity index (χ2n) is 6.49. The quantitative estimate of drug-likeness (QED) is 0.585. The Morgan fingerprint density at radius 2 is 2.00 bits per heavy atom. The summed E-state index contributed by atoms with van der Waals surface area (Å²) in [7, 11) is 1.87. The number of rotatable bonds is 2. The molecule has 1 atom stereocenters. The number of hydrogen-bond donors (Lipinski definition) is 2. The van der Waals surface area contributed by atoms with E-state index in [4.69, 9.17) is 0 Å². The molecule has 0 saturated carbocycles. The predicted octanol–water partition coefficient (Wildman–Crippen LogP) is 2.83. The fourth-order valence-corrected chi connectivity index (χ4v) is 3.64. The SMILES string of the molecule is Cn1nnc2cc(C3CC(=O)Nc4n[nH]c(-c5ccccc5)c43)ccc21. The molecule has 1 amide bonds. The molecule has 0 radical (unpaired) electrons. The zero-order valence-corrected chi connectivity index (χ0v) is 14.1. The molecule has 0 saturated heterocycles. The van der Waals surface area contributed by atoms with Crippen LogP contribution >= 0.6 is 0 Å². The lowest BCUT2D eigenvalue weighted by Gasteiger charge is -2.23. The molecule has 1 unspecified atom stereocenters. The number of fused-ring (bicyclic) bond motifs is 2. The number of nitrogens with one attached hydrogen (secondary N) is 2. The standard InChI is InChI=1S/C19H16N6O/c1-25-15-8-7-12(9-14(15)21-24-25)13-10-16(26)20-19-17(13)18(22-23-19)11-5-3-2-4-6-11/h2-9,13H,10H2,1H3,(H2,20,22,23,26). The van der Waals surface area contributed by atoms with Gasteiger partial charge in [0.2, 0.25) is 5.91 Å². The number of benzene rings is 2. The van der Waals surface area contributed by atoms with Crippen LogP contribution in [0.5, 0.6) is 0 Å². The Bertz CT molecular complexity index is 1130. The van der Waals surface area contributed by atoms with Gasteiger partial charge in [0.25, 0.3) is 0 Å². The van der Waals surface area contributed by atoms with Gasteiger partial charge < -0.3 is 5.32 Å². The van der Waals surface area contributed by atoms with E-state index < -0.39 is 0 Å². The van der Waals surface area contributed by atoms with Crippen LogP contribution in [0.3, 0.4) is 0 Å². The highest BCUT2D eigenvalue weighted by Crippen LogP contribution is 2.42. The highest BCUT2D eigenvalue weighted by Gasteiger charge is 2.32. The Balaban J connectivity index is 1.68. The molecular weight excluding hydrogens is 328 g/mol. The van der Waals surface area contributed by atoms with Gasteiger partial charge in [-0.1, -0.05) is 41.6 Å². The molecule has 7 nitrogen and oxygen atoms in total. The van der Waals surface area contributed by atoms with Crippen molar-refractivity contribution in [2.75, 3.05) is 5.32 Å². The van der Waals surface area contributed by atoms with Gasteiger partial charge in [-0.2, -0.15) is 5.10 Å². The summed E-state index contributed by atoms with van der Waals surface area (Å²) in [5.41, 5.74) is 5.81. The zero-order chi connectivity index (χ0) is 17.7. The molecule has 3 heterocycles. The molecule has 26 heavy (non-hydrogen) atoms. The number of carbonyl (C=O) groups is 1. The minimum absolute atomic E-state index is 0.0344. The van der Waals surface area contributed by atoms with Gasteiger partial charge in [-0.05, 0) is 23.3 Å². The van der Waals surface area contributed by atoms with Gasteiger partial charge in [-0.25, -0.2) is 4.68 Å². The van der Waals surface area contributed by atoms with Crippen LogP contribution in [0.15, 0.2) is 48.5 Å². The Morgan fingerprint density at radius 3 is 2.85 bits per heavy atom. The van der Waals surface area contributed by atoms with Crippen molar-refractivity contribution in [2.24, 2.45) is 7.05 Å². The third-order valence-electron chi connectivity index (χ3n) is 4.90. The maximum Gasteiger partial charge on any atom is 0.226 e. The van der Waals surface area contributed by atoms with Crippen molar-refractivity contribution in [3.05, 3.63) is 59.7 Å². The van der Waals surface area contributed by atoms with Crippen molar-refractivity contribution < 1.29 is 4.79 Å². The van der Waals surface area contributed by atoms with E-state index in [2.05, 4.69) is 25.8 Å². The summed E-state index contributed by atoms with van der Waals surface area (Å²) in [5, 5.41) is 18.6. The van der Waals surface area contributed by atoms with Crippen LogP contribution in [0.2, 0.25) is 0 Å². The summed E-state index contributed by atoms with van der Waals surface area (Å²) in [6.07, 6.45) is 0.373. The van der Waals surface area contributed by atoms with Gasteiger partial charge in [0, 0.05) is 24.9 Å². The molecule has 0 bridgehead atoms. The van der Waals surface area contributed by atoms with Crippen LogP contribution in [0, 0.1) is 0 Å². The number of aromatic nitrogens is 5. The van der Waals surface area contributed by atoms with Crippen molar-refractivity contribution in [2.45, 2.75) is 12.3 Å². The van der Waals surface area contributed by atoms with E-state index >= 15 is 0 Å². The average molecular weight is 344 g/mol. The van der Waals surface area contributed by atoms with Gasteiger partial charge in [0.1, 0.15) is 5.52 Å². The summed E-state index contributed by atoms with van der Waals surface area (Å²) in [6, 6.07) is 16.1. The maximum atomic E-state index is 12.2. The van der Waals surface area contributed by atoms with Gasteiger partial charge in [-0.15, -0.1) is 5.10 Å². The Hall–Kier alpha value is -3.48. The average Bonchev–Trinajstić information content (AvgIpc) is 3.25. The molecule has 128 valence electrons. The molecule has 2 N–H and O–H groups in total. The number of aromatic amines is 1. The minimum atomic E-state index is -0.0842. The van der Waals surface area contributed by atoms with Crippen molar-refractivity contribution in [1.82, 2.24) is 25.2 Å². The van der Waals surface area contributed by atoms with E-state index in [1.54, 1.807) is 4.68 Å². The van der Waals surface area contributed by atoms with Crippen LogP contribution in [-0.2, 0) is 11.8 Å². The van der Waals surface area contributed by atoms with Crippen LogP contribution in [0.25, 0.3) is 22.3 Å². The first-order valence-electron chi connectivity index (χ1n) is 8.43. The molecule has 0 aliphatic carbocycles. The summed E-state index contributed by atoms with van der Waals surface area (Å²) in [4.78, 5) is 12.2. The van der Waals surface area contributed by atoms with Gasteiger partial charge >= 0.3 is 0 Å². The van der Waals surface area contributed by atoms with Crippen LogP contribution in [-0.4, -0.2) is 31.1 Å². The third kappa shape index (κ3) is 2.21. The van der Waals surface area contributed by atoms with E-state index in [9.17, 15) is 4.79 Å². The van der Waals surface area contributed by atoms with Crippen molar-refractivity contribution >= 4 is 22.8 Å². The summed E-state index contributed by atoms with van der Waals surface area (Å²) in [6.45, 7) is 0. The summed E-state index contributed by atoms with van der Waals surface area (Å²) >= 11 is 0. The molecule has 0 fully saturated rings. The number of aryl methyl sites for hydroxylation is 1. The number of amides is 1. The number of anilines is 1. The second-order valence-corrected chi connectivity index (χ2v) is 6.49. The third-order valence-corrected chi connectivity index (χ3v) is 4.90. The van der Waals surface area contributed by atoms with Crippen LogP contribution in [0.4, 0.5) is 5.82 Å². The molecule has 2 aromatic carbocycles. The van der Waals surface area contributed by atoms with E-state index in [-0.39, 0.29) is 11.8 Å². The normalized spacial score (nSPS) is 16.5. The van der Waals surface area contributed by atoms with Crippen molar-refractivity contribution in [3.8, 4) is 11.3 Å². The highest BCUT2D eigenvalue weighted by molar-refractivity contribution is 5.96. The van der Waals surface area contributed by atoms with Gasteiger partial charge in [-0.3, -0.25) is 9.89 Å². The number of hydrogen-bond acceptors (Lipinski definition) is 4. The second kappa shape index (κ2) is 5.52. The molecule has 2 aromatic heterocycles. The number of carbonyl (C=O) groups excluding carboxylic acids is 1. The summed E-state index contributed by atoms with van der Waals surface area (Å²) in [5.74, 6) is 0.483. The van der Waals surface area contributed by atoms with Crippen molar-refractivity contribution in [1.29, 1.82) is 0 Å². The molecule has 7 heteroatoms. The predicted molar refractivity (Wildman–Crippen MR) is 97.6 cm³/mol. The molecule has 0 spiro atoms. The first-order valence-corrected chi connectivity index (χ1v) is 8.43. The van der Waals surface area contributed by atoms with E-state index in [0.717, 1.165) is 33.4 Å². The molecular formula is C19H16N6O. The lowest BCUT2D eigenvalue weighted by molar-refractivity contribution is -0.116. The van der Waals surface area contributed by atoms with Crippen LogP contribution in [0.1, 0.15) is 23.5 Å². The summed E-state index contributed by atoms with van der Waals surface area (Å²) < 4.78 is 1.74. The minimum Gasteiger partial charge on any atom is -0.309 e. The maximum absolute atomic E-state index is 12.2. The Kier molecular flexibility index (Phi) is 3.15. The first-order chi connectivity index (χ1) is 12.7. The lowest BCUT2D eigenvalue weighted by atomic mass is 9.84. The molecule has 1 aliphatic rings.